The van der Waals surface area contributed by atoms with Gasteiger partial charge in [0.15, 0.2) is 0 Å². The van der Waals surface area contributed by atoms with E-state index in [0.29, 0.717) is 0 Å². The van der Waals surface area contributed by atoms with E-state index in [-0.39, 0.29) is 12.5 Å². The van der Waals surface area contributed by atoms with E-state index in [1.807, 2.05) is 0 Å². The van der Waals surface area contributed by atoms with Gasteiger partial charge in [-0.25, -0.2) is 0 Å². The first-order valence-electron chi connectivity index (χ1n) is 10.4. The molecule has 0 heterocycles. The number of hydrogen-bond donors (Lipinski definition) is 2. The molecule has 0 aliphatic rings. The zero-order chi connectivity index (χ0) is 19.0. The Hall–Kier alpha value is -0.870. The monoisotopic (exact) mass is 356 g/mol. The van der Waals surface area contributed by atoms with Crippen LogP contribution in [0.4, 0.5) is 0 Å². The van der Waals surface area contributed by atoms with Gasteiger partial charge < -0.3 is 14.7 Å². The summed E-state index contributed by atoms with van der Waals surface area (Å²) in [6, 6.07) is 0. The largest absolute Gasteiger partial charge is 0.481 e. The fourth-order valence-corrected chi connectivity index (χ4v) is 3.38. The van der Waals surface area contributed by atoms with Gasteiger partial charge in [-0.1, -0.05) is 52.2 Å². The summed E-state index contributed by atoms with van der Waals surface area (Å²) in [7, 11) is 0. The molecule has 0 amide bonds. The second-order valence-corrected chi connectivity index (χ2v) is 7.40. The molecular weight excluding hydrogens is 314 g/mol. The molecule has 0 saturated heterocycles. The van der Waals surface area contributed by atoms with Gasteiger partial charge in [0, 0.05) is 6.42 Å². The average Bonchev–Trinajstić information content (AvgIpc) is 2.58. The van der Waals surface area contributed by atoms with Gasteiger partial charge in [0.05, 0.1) is 19.6 Å². The number of aliphatic hydroxyl groups excluding tert-OH is 1. The first-order valence-corrected chi connectivity index (χ1v) is 10.4. The van der Waals surface area contributed by atoms with Gasteiger partial charge >= 0.3 is 5.97 Å². The number of allylic oxidation sites excluding steroid dienone is 1. The first-order chi connectivity index (χ1) is 12.0. The Morgan fingerprint density at radius 1 is 0.920 bits per heavy atom. The van der Waals surface area contributed by atoms with Crippen LogP contribution in [0.15, 0.2) is 12.2 Å². The molecule has 1 atom stereocenters. The lowest BCUT2D eigenvalue weighted by atomic mass is 10.1. The highest BCUT2D eigenvalue weighted by molar-refractivity contribution is 5.66. The molecule has 2 N–H and O–H groups in total. The maximum Gasteiger partial charge on any atom is 0.303 e. The van der Waals surface area contributed by atoms with Crippen molar-refractivity contribution in [3.63, 3.8) is 0 Å². The van der Waals surface area contributed by atoms with Crippen LogP contribution in [-0.2, 0) is 4.79 Å². The first kappa shape index (κ1) is 24.1. The maximum atomic E-state index is 10.8. The molecule has 0 aliphatic heterocycles. The highest BCUT2D eigenvalue weighted by atomic mass is 16.4. The summed E-state index contributed by atoms with van der Waals surface area (Å²) >= 11 is 0. The van der Waals surface area contributed by atoms with Crippen LogP contribution in [-0.4, -0.2) is 52.9 Å². The van der Waals surface area contributed by atoms with Crippen molar-refractivity contribution in [2.24, 2.45) is 0 Å². The predicted octanol–water partition coefficient (Wildman–Crippen LogP) is 4.77. The molecule has 0 aliphatic carbocycles. The van der Waals surface area contributed by atoms with Crippen LogP contribution >= 0.6 is 0 Å². The van der Waals surface area contributed by atoms with Crippen molar-refractivity contribution in [2.75, 3.05) is 26.2 Å². The molecule has 4 nitrogen and oxygen atoms in total. The lowest BCUT2D eigenvalue weighted by Gasteiger charge is -2.40. The van der Waals surface area contributed by atoms with Crippen LogP contribution in [0.25, 0.3) is 0 Å². The fourth-order valence-electron chi connectivity index (χ4n) is 3.38. The number of hydrogen-bond acceptors (Lipinski definition) is 2. The van der Waals surface area contributed by atoms with E-state index in [1.54, 1.807) is 0 Å². The summed E-state index contributed by atoms with van der Waals surface area (Å²) in [5, 5.41) is 19.4. The number of rotatable bonds is 17. The number of carbonyl (C=O) groups is 1. The zero-order valence-corrected chi connectivity index (χ0v) is 16.9. The van der Waals surface area contributed by atoms with Crippen molar-refractivity contribution in [3.05, 3.63) is 12.2 Å². The average molecular weight is 357 g/mol. The van der Waals surface area contributed by atoms with Crippen molar-refractivity contribution in [1.29, 1.82) is 0 Å². The van der Waals surface area contributed by atoms with Gasteiger partial charge in [0.2, 0.25) is 0 Å². The number of nitrogens with zero attached hydrogens (tertiary/aromatic N) is 1. The summed E-state index contributed by atoms with van der Waals surface area (Å²) in [6.45, 7) is 10.6. The third-order valence-electron chi connectivity index (χ3n) is 4.87. The van der Waals surface area contributed by atoms with Gasteiger partial charge in [-0.2, -0.15) is 0 Å². The summed E-state index contributed by atoms with van der Waals surface area (Å²) in [6.07, 6.45) is 13.5. The van der Waals surface area contributed by atoms with E-state index in [9.17, 15) is 9.90 Å². The van der Waals surface area contributed by atoms with Crippen LogP contribution in [0.5, 0.6) is 0 Å². The minimum Gasteiger partial charge on any atom is -0.481 e. The standard InChI is InChI=1S/C21H41NO3/c1-4-7-10-11-14-20(23)19-22(16-8-5-2,17-9-6-3)18-13-12-15-21(24)25/h10-11,20,23H,4-9,12-19H2,1-3H3/p+1/b11-10+. The van der Waals surface area contributed by atoms with Crippen LogP contribution in [0.2, 0.25) is 0 Å². The van der Waals surface area contributed by atoms with Gasteiger partial charge in [-0.15, -0.1) is 0 Å². The van der Waals surface area contributed by atoms with Crippen molar-refractivity contribution in [2.45, 2.75) is 91.1 Å². The molecule has 1 unspecified atom stereocenters. The molecule has 0 aromatic rings. The second-order valence-electron chi connectivity index (χ2n) is 7.40. The molecule has 0 aromatic carbocycles. The summed E-state index contributed by atoms with van der Waals surface area (Å²) in [5.74, 6) is -0.707. The minimum absolute atomic E-state index is 0.254. The molecule has 0 bridgehead atoms. The molecule has 148 valence electrons. The molecule has 4 heteroatoms. The number of carboxylic acid groups (broad SMARTS) is 1. The van der Waals surface area contributed by atoms with Crippen molar-refractivity contribution >= 4 is 5.97 Å². The maximum absolute atomic E-state index is 10.8. The Kier molecular flexibility index (Phi) is 14.9. The molecule has 0 fully saturated rings. The lowest BCUT2D eigenvalue weighted by Crippen LogP contribution is -2.54. The van der Waals surface area contributed by atoms with Gasteiger partial charge in [0.1, 0.15) is 12.6 Å². The molecular formula is C21H42NO3+. The van der Waals surface area contributed by atoms with E-state index in [1.165, 1.54) is 12.8 Å². The van der Waals surface area contributed by atoms with Crippen LogP contribution < -0.4 is 0 Å². The van der Waals surface area contributed by atoms with Gasteiger partial charge in [0.25, 0.3) is 0 Å². The topological polar surface area (TPSA) is 57.5 Å². The third kappa shape index (κ3) is 13.1. The van der Waals surface area contributed by atoms with Crippen molar-refractivity contribution in [1.82, 2.24) is 0 Å². The van der Waals surface area contributed by atoms with E-state index >= 15 is 0 Å². The zero-order valence-electron chi connectivity index (χ0n) is 16.9. The van der Waals surface area contributed by atoms with Crippen molar-refractivity contribution < 1.29 is 19.5 Å². The number of carboxylic acids is 1. The number of aliphatic carboxylic acids is 1. The molecule has 25 heavy (non-hydrogen) atoms. The summed E-state index contributed by atoms with van der Waals surface area (Å²) < 4.78 is 0.948. The SMILES string of the molecule is CCC/C=C/CC(O)C[N+](CCCC)(CCCC)CCCCC(=O)O. The van der Waals surface area contributed by atoms with Crippen LogP contribution in [0, 0.1) is 0 Å². The van der Waals surface area contributed by atoms with Crippen LogP contribution in [0.3, 0.4) is 0 Å². The van der Waals surface area contributed by atoms with Crippen LogP contribution in [0.1, 0.15) is 85.0 Å². The number of aliphatic hydroxyl groups is 1. The fraction of sp³-hybridized carbons (Fsp3) is 0.857. The Labute approximate surface area is 155 Å². The van der Waals surface area contributed by atoms with Gasteiger partial charge in [-0.05, 0) is 38.5 Å². The molecule has 0 saturated carbocycles. The Bertz CT molecular complexity index is 347. The van der Waals surface area contributed by atoms with E-state index in [2.05, 4.69) is 32.9 Å². The lowest BCUT2D eigenvalue weighted by molar-refractivity contribution is -0.931. The Balaban J connectivity index is 4.79. The molecule has 0 aromatic heterocycles. The minimum atomic E-state index is -0.707. The normalized spacial score (nSPS) is 13.4. The number of unbranched alkanes of at least 4 members (excludes halogenated alkanes) is 4. The molecule has 0 radical (unpaired) electrons. The summed E-state index contributed by atoms with van der Waals surface area (Å²) in [4.78, 5) is 10.8. The van der Waals surface area contributed by atoms with Gasteiger partial charge in [-0.3, -0.25) is 4.79 Å². The Morgan fingerprint density at radius 3 is 2.04 bits per heavy atom. The predicted molar refractivity (Wildman–Crippen MR) is 106 cm³/mol. The van der Waals surface area contributed by atoms with E-state index < -0.39 is 5.97 Å². The molecule has 0 spiro atoms. The second kappa shape index (κ2) is 15.4. The molecule has 0 rings (SSSR count). The van der Waals surface area contributed by atoms with Crippen molar-refractivity contribution in [3.8, 4) is 0 Å². The number of quaternary nitrogens is 1. The quantitative estimate of drug-likeness (QED) is 0.224. The third-order valence-corrected chi connectivity index (χ3v) is 4.87. The highest BCUT2D eigenvalue weighted by Crippen LogP contribution is 2.18. The Morgan fingerprint density at radius 2 is 1.52 bits per heavy atom. The smallest absolute Gasteiger partial charge is 0.303 e. The van der Waals surface area contributed by atoms with E-state index in [0.717, 1.165) is 75.6 Å². The van der Waals surface area contributed by atoms with E-state index in [4.69, 9.17) is 5.11 Å². The highest BCUT2D eigenvalue weighted by Gasteiger charge is 2.28. The summed E-state index contributed by atoms with van der Waals surface area (Å²) in [5.41, 5.74) is 0.